The van der Waals surface area contributed by atoms with Gasteiger partial charge in [-0.2, -0.15) is 0 Å². The molecule has 2 aromatic rings. The van der Waals surface area contributed by atoms with Crippen LogP contribution in [-0.2, 0) is 6.61 Å². The van der Waals surface area contributed by atoms with Gasteiger partial charge in [-0.1, -0.05) is 18.2 Å². The highest BCUT2D eigenvalue weighted by Crippen LogP contribution is 2.28. The third kappa shape index (κ3) is 3.66. The Morgan fingerprint density at radius 1 is 1.00 bits per heavy atom. The smallest absolute Gasteiger partial charge is 0.336 e. The fraction of sp³-hybridized carbons (Fsp3) is 0.188. The Bertz CT molecular complexity index is 614. The van der Waals surface area contributed by atoms with Gasteiger partial charge in [0, 0.05) is 23.8 Å². The maximum atomic E-state index is 11.1. The van der Waals surface area contributed by atoms with E-state index >= 15 is 0 Å². The summed E-state index contributed by atoms with van der Waals surface area (Å²) in [6, 6.07) is 11.9. The van der Waals surface area contributed by atoms with Crippen LogP contribution in [0.3, 0.4) is 0 Å². The Labute approximate surface area is 122 Å². The van der Waals surface area contributed by atoms with E-state index in [4.69, 9.17) is 19.3 Å². The normalized spacial score (nSPS) is 10.0. The van der Waals surface area contributed by atoms with Gasteiger partial charge in [-0.3, -0.25) is 0 Å². The molecule has 5 heteroatoms. The first-order valence-corrected chi connectivity index (χ1v) is 6.31. The number of carboxylic acids is 1. The van der Waals surface area contributed by atoms with E-state index in [1.54, 1.807) is 56.7 Å². The molecule has 0 radical (unpaired) electrons. The highest BCUT2D eigenvalue weighted by molar-refractivity contribution is 5.89. The Hall–Kier alpha value is -2.69. The van der Waals surface area contributed by atoms with Crippen LogP contribution in [-0.4, -0.2) is 25.3 Å². The van der Waals surface area contributed by atoms with Gasteiger partial charge in [-0.05, 0) is 6.07 Å². The molecule has 2 aromatic carbocycles. The van der Waals surface area contributed by atoms with Crippen LogP contribution in [0.25, 0.3) is 0 Å². The molecule has 0 aliphatic heterocycles. The number of hydrogen-bond donors (Lipinski definition) is 1. The van der Waals surface area contributed by atoms with Crippen molar-refractivity contribution in [1.82, 2.24) is 0 Å². The summed E-state index contributed by atoms with van der Waals surface area (Å²) in [6.45, 7) is 0.152. The van der Waals surface area contributed by atoms with Gasteiger partial charge in [0.25, 0.3) is 0 Å². The van der Waals surface area contributed by atoms with E-state index in [1.807, 2.05) is 0 Å². The molecule has 110 valence electrons. The summed E-state index contributed by atoms with van der Waals surface area (Å²) in [7, 11) is 3.11. The number of rotatable bonds is 6. The van der Waals surface area contributed by atoms with Crippen molar-refractivity contribution in [3.05, 3.63) is 53.6 Å². The van der Waals surface area contributed by atoms with Crippen molar-refractivity contribution in [3.63, 3.8) is 0 Å². The van der Waals surface area contributed by atoms with Crippen molar-refractivity contribution < 1.29 is 24.1 Å². The predicted molar refractivity (Wildman–Crippen MR) is 77.3 cm³/mol. The van der Waals surface area contributed by atoms with Gasteiger partial charge in [0.2, 0.25) is 0 Å². The lowest BCUT2D eigenvalue weighted by Gasteiger charge is -2.11. The third-order valence-corrected chi connectivity index (χ3v) is 2.97. The molecular weight excluding hydrogens is 272 g/mol. The molecule has 0 aromatic heterocycles. The van der Waals surface area contributed by atoms with E-state index in [9.17, 15) is 4.79 Å². The van der Waals surface area contributed by atoms with Crippen molar-refractivity contribution in [2.75, 3.05) is 14.2 Å². The van der Waals surface area contributed by atoms with E-state index in [2.05, 4.69) is 0 Å². The molecule has 21 heavy (non-hydrogen) atoms. The molecule has 0 amide bonds. The lowest BCUT2D eigenvalue weighted by atomic mass is 10.1. The summed E-state index contributed by atoms with van der Waals surface area (Å²) in [4.78, 5) is 11.1. The first-order valence-electron chi connectivity index (χ1n) is 6.31. The summed E-state index contributed by atoms with van der Waals surface area (Å²) < 4.78 is 16.0. The minimum atomic E-state index is -0.975. The number of carboxylic acid groups (broad SMARTS) is 1. The molecule has 0 fully saturated rings. The number of hydrogen-bond acceptors (Lipinski definition) is 4. The zero-order valence-corrected chi connectivity index (χ0v) is 11.8. The summed E-state index contributed by atoms with van der Waals surface area (Å²) in [5.41, 5.74) is 0.833. The van der Waals surface area contributed by atoms with Gasteiger partial charge in [-0.25, -0.2) is 4.79 Å². The second-order valence-electron chi connectivity index (χ2n) is 4.30. The highest BCUT2D eigenvalue weighted by atomic mass is 16.5. The first-order chi connectivity index (χ1) is 10.1. The van der Waals surface area contributed by atoms with E-state index < -0.39 is 5.97 Å². The monoisotopic (exact) mass is 288 g/mol. The maximum absolute atomic E-state index is 11.1. The fourth-order valence-corrected chi connectivity index (χ4v) is 1.88. The van der Waals surface area contributed by atoms with Crippen LogP contribution in [0.1, 0.15) is 15.9 Å². The fourth-order valence-electron chi connectivity index (χ4n) is 1.88. The molecule has 0 atom stereocenters. The zero-order valence-electron chi connectivity index (χ0n) is 11.8. The van der Waals surface area contributed by atoms with Crippen LogP contribution in [0.2, 0.25) is 0 Å². The minimum Gasteiger partial charge on any atom is -0.496 e. The number of aromatic carboxylic acids is 1. The summed E-state index contributed by atoms with van der Waals surface area (Å²) in [5.74, 6) is 0.788. The van der Waals surface area contributed by atoms with Gasteiger partial charge >= 0.3 is 5.97 Å². The Morgan fingerprint density at radius 3 is 2.14 bits per heavy atom. The highest BCUT2D eigenvalue weighted by Gasteiger charge is 2.10. The molecule has 0 unspecified atom stereocenters. The Balaban J connectivity index is 2.18. The van der Waals surface area contributed by atoms with Crippen LogP contribution in [0.15, 0.2) is 42.5 Å². The van der Waals surface area contributed by atoms with E-state index in [1.165, 1.54) is 0 Å². The molecule has 0 saturated heterocycles. The number of benzene rings is 2. The molecule has 0 heterocycles. The first kappa shape index (κ1) is 14.7. The average molecular weight is 288 g/mol. The topological polar surface area (TPSA) is 65.0 Å². The molecule has 0 aliphatic carbocycles. The van der Waals surface area contributed by atoms with Crippen molar-refractivity contribution in [2.45, 2.75) is 6.61 Å². The number of ether oxygens (including phenoxy) is 3. The summed E-state index contributed by atoms with van der Waals surface area (Å²) >= 11 is 0. The number of carbonyl (C=O) groups is 1. The van der Waals surface area contributed by atoms with Crippen LogP contribution in [0.4, 0.5) is 0 Å². The van der Waals surface area contributed by atoms with Crippen LogP contribution in [0.5, 0.6) is 17.2 Å². The number of methoxy groups -OCH3 is 2. The van der Waals surface area contributed by atoms with Gasteiger partial charge in [-0.15, -0.1) is 0 Å². The lowest BCUT2D eigenvalue weighted by molar-refractivity contribution is 0.0694. The zero-order chi connectivity index (χ0) is 15.2. The Morgan fingerprint density at radius 2 is 1.57 bits per heavy atom. The second-order valence-corrected chi connectivity index (χ2v) is 4.30. The largest absolute Gasteiger partial charge is 0.496 e. The molecule has 0 bridgehead atoms. The van der Waals surface area contributed by atoms with E-state index in [0.717, 1.165) is 0 Å². The standard InChI is InChI=1S/C16H16O5/c1-19-12-7-13(20-2)9-14(8-12)21-10-11-5-3-4-6-15(11)16(17)18/h3-9H,10H2,1-2H3,(H,17,18). The van der Waals surface area contributed by atoms with E-state index in [-0.39, 0.29) is 12.2 Å². The van der Waals surface area contributed by atoms with Crippen LogP contribution in [0, 0.1) is 0 Å². The molecule has 2 rings (SSSR count). The SMILES string of the molecule is COc1cc(OC)cc(OCc2ccccc2C(=O)O)c1. The lowest BCUT2D eigenvalue weighted by Crippen LogP contribution is -2.05. The quantitative estimate of drug-likeness (QED) is 0.885. The predicted octanol–water partition coefficient (Wildman–Crippen LogP) is 2.98. The van der Waals surface area contributed by atoms with Crippen molar-refractivity contribution in [2.24, 2.45) is 0 Å². The van der Waals surface area contributed by atoms with Crippen molar-refractivity contribution in [1.29, 1.82) is 0 Å². The van der Waals surface area contributed by atoms with Gasteiger partial charge in [0.1, 0.15) is 23.9 Å². The summed E-state index contributed by atoms with van der Waals surface area (Å²) in [6.07, 6.45) is 0. The van der Waals surface area contributed by atoms with Crippen LogP contribution >= 0.6 is 0 Å². The molecular formula is C16H16O5. The van der Waals surface area contributed by atoms with Crippen molar-refractivity contribution in [3.8, 4) is 17.2 Å². The molecule has 1 N–H and O–H groups in total. The van der Waals surface area contributed by atoms with Gasteiger partial charge < -0.3 is 19.3 Å². The molecule has 0 spiro atoms. The van der Waals surface area contributed by atoms with Gasteiger partial charge in [0.15, 0.2) is 0 Å². The van der Waals surface area contributed by atoms with Gasteiger partial charge in [0.05, 0.1) is 19.8 Å². The Kier molecular flexibility index (Phi) is 4.66. The molecule has 0 saturated carbocycles. The maximum Gasteiger partial charge on any atom is 0.336 e. The average Bonchev–Trinajstić information content (AvgIpc) is 2.52. The second kappa shape index (κ2) is 6.65. The summed E-state index contributed by atoms with van der Waals surface area (Å²) in [5, 5.41) is 9.13. The van der Waals surface area contributed by atoms with E-state index in [0.29, 0.717) is 22.8 Å². The third-order valence-electron chi connectivity index (χ3n) is 2.97. The van der Waals surface area contributed by atoms with Crippen molar-refractivity contribution >= 4 is 5.97 Å². The molecule has 5 nitrogen and oxygen atoms in total. The minimum absolute atomic E-state index is 0.152. The van der Waals surface area contributed by atoms with Crippen LogP contribution < -0.4 is 14.2 Å². The molecule has 0 aliphatic rings.